The smallest absolute Gasteiger partial charge is 0.244 e. The van der Waals surface area contributed by atoms with Crippen LogP contribution in [0.4, 0.5) is 5.69 Å². The molecular weight excluding hydrogens is 272 g/mol. The van der Waals surface area contributed by atoms with Crippen molar-refractivity contribution in [1.82, 2.24) is 5.32 Å². The summed E-state index contributed by atoms with van der Waals surface area (Å²) in [4.78, 5) is 12.5. The topological polar surface area (TPSA) is 41.1 Å². The van der Waals surface area contributed by atoms with Crippen molar-refractivity contribution in [3.63, 3.8) is 0 Å². The van der Waals surface area contributed by atoms with E-state index >= 15 is 0 Å². The zero-order chi connectivity index (χ0) is 13.9. The lowest BCUT2D eigenvalue weighted by Gasteiger charge is -2.26. The predicted octanol–water partition coefficient (Wildman–Crippen LogP) is 3.45. The van der Waals surface area contributed by atoms with E-state index in [1.54, 1.807) is 0 Å². The van der Waals surface area contributed by atoms with Crippen LogP contribution in [0.15, 0.2) is 18.2 Å². The minimum atomic E-state index is -0.364. The third-order valence-corrected chi connectivity index (χ3v) is 4.27. The highest BCUT2D eigenvalue weighted by Gasteiger charge is 2.38. The van der Waals surface area contributed by atoms with E-state index in [1.807, 2.05) is 6.07 Å². The summed E-state index contributed by atoms with van der Waals surface area (Å²) in [6.07, 6.45) is 3.84. The van der Waals surface area contributed by atoms with Gasteiger partial charge in [-0.05, 0) is 62.4 Å². The zero-order valence-corrected chi connectivity index (χ0v) is 13.4. The van der Waals surface area contributed by atoms with Gasteiger partial charge in [-0.3, -0.25) is 4.79 Å². The van der Waals surface area contributed by atoms with Crippen molar-refractivity contribution in [3.05, 3.63) is 29.3 Å². The van der Waals surface area contributed by atoms with Gasteiger partial charge in [-0.25, -0.2) is 0 Å². The lowest BCUT2D eigenvalue weighted by molar-refractivity contribution is -0.122. The molecule has 2 N–H and O–H groups in total. The van der Waals surface area contributed by atoms with Crippen LogP contribution < -0.4 is 10.6 Å². The SMILES string of the molecule is CCc1cc(NC(=O)C2(CC)CCCN2)ccc1C.Cl. The molecule has 0 aromatic heterocycles. The second kappa shape index (κ2) is 7.09. The van der Waals surface area contributed by atoms with E-state index in [0.29, 0.717) is 0 Å². The fourth-order valence-electron chi connectivity index (χ4n) is 2.84. The molecule has 1 aromatic carbocycles. The Labute approximate surface area is 127 Å². The van der Waals surface area contributed by atoms with E-state index in [2.05, 4.69) is 43.5 Å². The minimum Gasteiger partial charge on any atom is -0.324 e. The fraction of sp³-hybridized carbons (Fsp3) is 0.562. The van der Waals surface area contributed by atoms with E-state index in [0.717, 1.165) is 37.9 Å². The Bertz CT molecular complexity index is 468. The molecule has 1 heterocycles. The van der Waals surface area contributed by atoms with E-state index in [4.69, 9.17) is 0 Å². The molecule has 20 heavy (non-hydrogen) atoms. The van der Waals surface area contributed by atoms with Gasteiger partial charge in [0, 0.05) is 5.69 Å². The van der Waals surface area contributed by atoms with Crippen molar-refractivity contribution in [2.75, 3.05) is 11.9 Å². The molecule has 1 aromatic rings. The summed E-state index contributed by atoms with van der Waals surface area (Å²) in [5.41, 5.74) is 3.12. The summed E-state index contributed by atoms with van der Waals surface area (Å²) >= 11 is 0. The molecule has 0 radical (unpaired) electrons. The maximum absolute atomic E-state index is 12.5. The van der Waals surface area contributed by atoms with Crippen LogP contribution in [0.3, 0.4) is 0 Å². The summed E-state index contributed by atoms with van der Waals surface area (Å²) in [5, 5.41) is 6.44. The maximum Gasteiger partial charge on any atom is 0.244 e. The average molecular weight is 297 g/mol. The van der Waals surface area contributed by atoms with E-state index in [-0.39, 0.29) is 23.9 Å². The van der Waals surface area contributed by atoms with Crippen LogP contribution in [-0.2, 0) is 11.2 Å². The summed E-state index contributed by atoms with van der Waals surface area (Å²) in [6, 6.07) is 6.16. The van der Waals surface area contributed by atoms with Crippen LogP contribution >= 0.6 is 12.4 Å². The standard InChI is InChI=1S/C16H24N2O.ClH/c1-4-13-11-14(8-7-12(13)3)18-15(19)16(5-2)9-6-10-17-16;/h7-8,11,17H,4-6,9-10H2,1-3H3,(H,18,19);1H. The van der Waals surface area contributed by atoms with Gasteiger partial charge in [0.1, 0.15) is 0 Å². The molecular formula is C16H25ClN2O. The third-order valence-electron chi connectivity index (χ3n) is 4.27. The minimum absolute atomic E-state index is 0. The van der Waals surface area contributed by atoms with Gasteiger partial charge >= 0.3 is 0 Å². The van der Waals surface area contributed by atoms with E-state index in [1.165, 1.54) is 11.1 Å². The van der Waals surface area contributed by atoms with Crippen molar-refractivity contribution in [3.8, 4) is 0 Å². The molecule has 0 aliphatic carbocycles. The second-order valence-corrected chi connectivity index (χ2v) is 5.41. The predicted molar refractivity (Wildman–Crippen MR) is 86.7 cm³/mol. The molecule has 1 amide bonds. The number of amides is 1. The second-order valence-electron chi connectivity index (χ2n) is 5.41. The van der Waals surface area contributed by atoms with Crippen molar-refractivity contribution < 1.29 is 4.79 Å². The van der Waals surface area contributed by atoms with Crippen molar-refractivity contribution in [2.24, 2.45) is 0 Å². The highest BCUT2D eigenvalue weighted by molar-refractivity contribution is 5.98. The van der Waals surface area contributed by atoms with Gasteiger partial charge in [0.15, 0.2) is 0 Å². The Morgan fingerprint density at radius 2 is 2.15 bits per heavy atom. The number of carbonyl (C=O) groups excluding carboxylic acids is 1. The average Bonchev–Trinajstić information content (AvgIpc) is 2.91. The number of aryl methyl sites for hydroxylation is 2. The summed E-state index contributed by atoms with van der Waals surface area (Å²) < 4.78 is 0. The van der Waals surface area contributed by atoms with E-state index in [9.17, 15) is 4.79 Å². The molecule has 4 heteroatoms. The lowest BCUT2D eigenvalue weighted by atomic mass is 9.93. The number of benzene rings is 1. The van der Waals surface area contributed by atoms with Gasteiger partial charge < -0.3 is 10.6 Å². The van der Waals surface area contributed by atoms with Gasteiger partial charge in [-0.2, -0.15) is 0 Å². The molecule has 1 atom stereocenters. The maximum atomic E-state index is 12.5. The quantitative estimate of drug-likeness (QED) is 0.893. The highest BCUT2D eigenvalue weighted by atomic mass is 35.5. The van der Waals surface area contributed by atoms with Gasteiger partial charge in [-0.1, -0.05) is 19.9 Å². The Morgan fingerprint density at radius 3 is 2.70 bits per heavy atom. The fourth-order valence-corrected chi connectivity index (χ4v) is 2.84. The first-order chi connectivity index (χ1) is 9.11. The largest absolute Gasteiger partial charge is 0.324 e. The first-order valence-electron chi connectivity index (χ1n) is 7.27. The lowest BCUT2D eigenvalue weighted by Crippen LogP contribution is -2.50. The number of halogens is 1. The number of nitrogens with one attached hydrogen (secondary N) is 2. The number of hydrogen-bond acceptors (Lipinski definition) is 2. The van der Waals surface area contributed by atoms with Crippen molar-refractivity contribution in [2.45, 2.75) is 52.0 Å². The first kappa shape index (κ1) is 17.0. The number of hydrogen-bond donors (Lipinski definition) is 2. The normalized spacial score (nSPS) is 21.4. The summed E-state index contributed by atoms with van der Waals surface area (Å²) in [5.74, 6) is 0.110. The van der Waals surface area contributed by atoms with Gasteiger partial charge in [0.05, 0.1) is 5.54 Å². The third kappa shape index (κ3) is 3.33. The van der Waals surface area contributed by atoms with Crippen LogP contribution in [0.2, 0.25) is 0 Å². The first-order valence-corrected chi connectivity index (χ1v) is 7.27. The Hall–Kier alpha value is -1.06. The molecule has 2 rings (SSSR count). The van der Waals surface area contributed by atoms with Crippen LogP contribution in [0.1, 0.15) is 44.2 Å². The Morgan fingerprint density at radius 1 is 1.40 bits per heavy atom. The molecule has 1 aliphatic heterocycles. The van der Waals surface area contributed by atoms with Crippen molar-refractivity contribution in [1.29, 1.82) is 0 Å². The molecule has 0 saturated carbocycles. The Balaban J connectivity index is 0.00000200. The molecule has 112 valence electrons. The number of rotatable bonds is 4. The molecule has 3 nitrogen and oxygen atoms in total. The molecule has 1 unspecified atom stereocenters. The van der Waals surface area contributed by atoms with Crippen LogP contribution in [0.5, 0.6) is 0 Å². The molecule has 0 spiro atoms. The van der Waals surface area contributed by atoms with Gasteiger partial charge in [0.2, 0.25) is 5.91 Å². The Kier molecular flexibility index (Phi) is 6.03. The summed E-state index contributed by atoms with van der Waals surface area (Å²) in [7, 11) is 0. The summed E-state index contributed by atoms with van der Waals surface area (Å²) in [6.45, 7) is 7.26. The molecule has 1 saturated heterocycles. The van der Waals surface area contributed by atoms with Gasteiger partial charge in [-0.15, -0.1) is 12.4 Å². The number of carbonyl (C=O) groups is 1. The molecule has 0 bridgehead atoms. The van der Waals surface area contributed by atoms with E-state index < -0.39 is 0 Å². The van der Waals surface area contributed by atoms with Gasteiger partial charge in [0.25, 0.3) is 0 Å². The van der Waals surface area contributed by atoms with Crippen LogP contribution in [0, 0.1) is 6.92 Å². The number of anilines is 1. The van der Waals surface area contributed by atoms with Crippen LogP contribution in [-0.4, -0.2) is 18.0 Å². The molecule has 1 fully saturated rings. The zero-order valence-electron chi connectivity index (χ0n) is 12.6. The monoisotopic (exact) mass is 296 g/mol. The highest BCUT2D eigenvalue weighted by Crippen LogP contribution is 2.25. The van der Waals surface area contributed by atoms with Crippen molar-refractivity contribution >= 4 is 24.0 Å². The van der Waals surface area contributed by atoms with Crippen LogP contribution in [0.25, 0.3) is 0 Å². The molecule has 1 aliphatic rings.